The van der Waals surface area contributed by atoms with Gasteiger partial charge in [-0.15, -0.1) is 0 Å². The molecule has 5 aromatic rings. The summed E-state index contributed by atoms with van der Waals surface area (Å²) in [7, 11) is 0. The molecular formula is C46H63BN2. The Morgan fingerprint density at radius 3 is 1.08 bits per heavy atom. The van der Waals surface area contributed by atoms with E-state index in [0.717, 1.165) is 19.3 Å². The molecule has 5 heterocycles. The van der Waals surface area contributed by atoms with Crippen molar-refractivity contribution in [1.29, 1.82) is 0 Å². The Bertz CT molecular complexity index is 1720. The summed E-state index contributed by atoms with van der Waals surface area (Å²) in [5.41, 5.74) is 21.6. The largest absolute Gasteiger partial charge is 0.311 e. The molecule has 0 aliphatic carbocycles. The molecule has 3 heteroatoms. The monoisotopic (exact) mass is 655 g/mol. The van der Waals surface area contributed by atoms with Crippen LogP contribution in [0.25, 0.3) is 0 Å². The summed E-state index contributed by atoms with van der Waals surface area (Å²) in [6.45, 7) is 20.3. The summed E-state index contributed by atoms with van der Waals surface area (Å²) in [4.78, 5) is 5.19. The van der Waals surface area contributed by atoms with Gasteiger partial charge in [0, 0.05) is 47.0 Å². The number of anilines is 6. The summed E-state index contributed by atoms with van der Waals surface area (Å²) in [5.74, 6) is 0. The van der Waals surface area contributed by atoms with Crippen LogP contribution >= 0.6 is 0 Å². The lowest BCUT2D eigenvalue weighted by Gasteiger charge is -2.50. The van der Waals surface area contributed by atoms with Crippen LogP contribution in [0, 0.1) is 0 Å². The van der Waals surface area contributed by atoms with Crippen molar-refractivity contribution in [2.45, 2.75) is 111 Å². The summed E-state index contributed by atoms with van der Waals surface area (Å²) in [5, 5.41) is 0. The molecule has 49 heavy (non-hydrogen) atoms. The van der Waals surface area contributed by atoms with Gasteiger partial charge in [0.05, 0.1) is 0 Å². The highest BCUT2D eigenvalue weighted by atomic mass is 15.2. The van der Waals surface area contributed by atoms with E-state index >= 15 is 0 Å². The third-order valence-corrected chi connectivity index (χ3v) is 9.24. The Morgan fingerprint density at radius 1 is 0.347 bits per heavy atom. The molecule has 5 aliphatic rings. The maximum atomic E-state index is 2.60. The van der Waals surface area contributed by atoms with E-state index in [1.807, 2.05) is 69.2 Å². The van der Waals surface area contributed by atoms with Crippen molar-refractivity contribution in [3.8, 4) is 0 Å². The van der Waals surface area contributed by atoms with Crippen LogP contribution in [0.15, 0.2) is 91.0 Å². The second kappa shape index (κ2) is 17.4. The van der Waals surface area contributed by atoms with Crippen LogP contribution < -0.4 is 26.2 Å². The average molecular weight is 655 g/mol. The highest BCUT2D eigenvalue weighted by molar-refractivity contribution is 7.01. The van der Waals surface area contributed by atoms with Gasteiger partial charge < -0.3 is 9.80 Å². The van der Waals surface area contributed by atoms with Gasteiger partial charge in [0.15, 0.2) is 0 Å². The topological polar surface area (TPSA) is 6.48 Å². The van der Waals surface area contributed by atoms with E-state index in [-0.39, 0.29) is 22.3 Å². The number of benzene rings is 5. The first-order valence-electron chi connectivity index (χ1n) is 18.0. The molecule has 0 spiro atoms. The zero-order valence-corrected chi connectivity index (χ0v) is 29.8. The number of rotatable bonds is 0. The van der Waals surface area contributed by atoms with Crippen molar-refractivity contribution in [2.75, 3.05) is 9.80 Å². The van der Waals surface area contributed by atoms with Crippen molar-refractivity contribution in [3.05, 3.63) is 124 Å². The minimum Gasteiger partial charge on any atom is -0.311 e. The molecule has 0 atom stereocenters. The Balaban J connectivity index is 0.000000595. The highest BCUT2D eigenvalue weighted by Crippen LogP contribution is 2.51. The lowest BCUT2D eigenvalue weighted by Crippen LogP contribution is -2.65. The predicted molar refractivity (Wildman–Crippen MR) is 226 cm³/mol. The van der Waals surface area contributed by atoms with Crippen LogP contribution in [-0.4, -0.2) is 6.71 Å². The third-order valence-electron chi connectivity index (χ3n) is 9.24. The molecule has 5 aromatic carbocycles. The van der Waals surface area contributed by atoms with Gasteiger partial charge in [-0.1, -0.05) is 158 Å². The van der Waals surface area contributed by atoms with Crippen LogP contribution in [0.5, 0.6) is 0 Å². The van der Waals surface area contributed by atoms with E-state index in [9.17, 15) is 0 Å². The average Bonchev–Trinajstić information content (AvgIpc) is 3.16. The van der Waals surface area contributed by atoms with Gasteiger partial charge in [-0.05, 0) is 80.5 Å². The molecule has 10 rings (SSSR count). The van der Waals surface area contributed by atoms with E-state index in [2.05, 4.69) is 101 Å². The lowest BCUT2D eigenvalue weighted by atomic mass is 9.30. The summed E-state index contributed by atoms with van der Waals surface area (Å²) in [6.07, 6.45) is 3.04. The standard InChI is InChI=1S/C33H21BN2.5C2H6.3CH4/c1-3-8-25-19(6-1)16-23-14-12-21-18-22-13-15-24-17-20-7-2-4-9-26(20)36-28-11-5-10-27-31(28)34(30(22)33(24)36)29(21)32(23)35(25)27;5*1-2;;;/h1-15H,16-18H2;5*1-2H3;3*1H4. The molecule has 0 N–H and O–H groups in total. The molecule has 0 radical (unpaired) electrons. The van der Waals surface area contributed by atoms with Crippen molar-refractivity contribution >= 4 is 57.2 Å². The Hall–Kier alpha value is -4.24. The van der Waals surface area contributed by atoms with Crippen molar-refractivity contribution in [2.24, 2.45) is 0 Å². The first-order valence-corrected chi connectivity index (χ1v) is 18.0. The molecule has 0 saturated carbocycles. The van der Waals surface area contributed by atoms with Gasteiger partial charge in [-0.2, -0.15) is 0 Å². The fourth-order valence-corrected chi connectivity index (χ4v) is 7.93. The number of hydrogen-bond donors (Lipinski definition) is 0. The van der Waals surface area contributed by atoms with Crippen LogP contribution in [0.4, 0.5) is 34.1 Å². The molecule has 2 nitrogen and oxygen atoms in total. The van der Waals surface area contributed by atoms with E-state index in [1.54, 1.807) is 10.9 Å². The fraction of sp³-hybridized carbons (Fsp3) is 0.348. The minimum absolute atomic E-state index is 0. The second-order valence-electron chi connectivity index (χ2n) is 10.9. The first kappa shape index (κ1) is 40.9. The van der Waals surface area contributed by atoms with Gasteiger partial charge in [0.1, 0.15) is 0 Å². The number of para-hydroxylation sites is 2. The van der Waals surface area contributed by atoms with Gasteiger partial charge in [-0.3, -0.25) is 0 Å². The summed E-state index contributed by atoms with van der Waals surface area (Å²) >= 11 is 0. The van der Waals surface area contributed by atoms with E-state index < -0.39 is 0 Å². The lowest BCUT2D eigenvalue weighted by molar-refractivity contribution is 1.05. The Kier molecular flexibility index (Phi) is 14.6. The van der Waals surface area contributed by atoms with Crippen molar-refractivity contribution in [3.63, 3.8) is 0 Å². The quantitative estimate of drug-likeness (QED) is 0.150. The SMILES string of the molecule is C.C.C.CC.CC.CC.CC.CC.c1ccc2c(c1)Cc1ccc3c4c1N2c1cccc2c1B4c1c(ccc4c1N2c1ccccc1C4)C3. The number of nitrogens with zero attached hydrogens (tertiary/aromatic N) is 2. The van der Waals surface area contributed by atoms with Crippen LogP contribution in [-0.2, 0) is 19.3 Å². The van der Waals surface area contributed by atoms with Gasteiger partial charge in [-0.25, -0.2) is 0 Å². The molecular weight excluding hydrogens is 591 g/mol. The van der Waals surface area contributed by atoms with Crippen LogP contribution in [0.2, 0.25) is 0 Å². The molecule has 0 fully saturated rings. The summed E-state index contributed by atoms with van der Waals surface area (Å²) in [6, 6.07) is 34.7. The normalized spacial score (nSPS) is 12.2. The van der Waals surface area contributed by atoms with Gasteiger partial charge in [0.25, 0.3) is 6.71 Å². The molecule has 0 amide bonds. The van der Waals surface area contributed by atoms with E-state index in [0.29, 0.717) is 6.71 Å². The fourth-order valence-electron chi connectivity index (χ4n) is 7.93. The van der Waals surface area contributed by atoms with Gasteiger partial charge >= 0.3 is 0 Å². The number of fused-ring (bicyclic) bond motifs is 6. The predicted octanol–water partition coefficient (Wildman–Crippen LogP) is 12.5. The molecule has 0 saturated heterocycles. The molecule has 5 aliphatic heterocycles. The Morgan fingerprint density at radius 2 is 0.673 bits per heavy atom. The van der Waals surface area contributed by atoms with E-state index in [4.69, 9.17) is 0 Å². The zero-order chi connectivity index (χ0) is 33.1. The van der Waals surface area contributed by atoms with Gasteiger partial charge in [0.2, 0.25) is 0 Å². The van der Waals surface area contributed by atoms with Crippen molar-refractivity contribution < 1.29 is 0 Å². The van der Waals surface area contributed by atoms with Crippen LogP contribution in [0.1, 0.15) is 125 Å². The van der Waals surface area contributed by atoms with Crippen molar-refractivity contribution in [1.82, 2.24) is 0 Å². The first-order chi connectivity index (χ1) is 22.9. The maximum Gasteiger partial charge on any atom is 0.252 e. The van der Waals surface area contributed by atoms with Crippen LogP contribution in [0.3, 0.4) is 0 Å². The Labute approximate surface area is 301 Å². The smallest absolute Gasteiger partial charge is 0.252 e. The zero-order valence-electron chi connectivity index (χ0n) is 29.8. The highest BCUT2D eigenvalue weighted by Gasteiger charge is 2.49. The van der Waals surface area contributed by atoms with E-state index in [1.165, 1.54) is 73.0 Å². The number of hydrogen-bond acceptors (Lipinski definition) is 2. The maximum absolute atomic E-state index is 2.60. The molecule has 0 bridgehead atoms. The molecule has 260 valence electrons. The molecule has 0 aromatic heterocycles. The summed E-state index contributed by atoms with van der Waals surface area (Å²) < 4.78 is 0. The second-order valence-corrected chi connectivity index (χ2v) is 10.9. The molecule has 0 unspecified atom stereocenters. The minimum atomic E-state index is 0. The third kappa shape index (κ3) is 5.90.